The van der Waals surface area contributed by atoms with Crippen molar-refractivity contribution in [2.45, 2.75) is 9.79 Å². The van der Waals surface area contributed by atoms with E-state index in [1.807, 2.05) is 48.7 Å². The Morgan fingerprint density at radius 1 is 0.719 bits per heavy atom. The van der Waals surface area contributed by atoms with E-state index in [0.717, 1.165) is 60.0 Å². The van der Waals surface area contributed by atoms with Crippen molar-refractivity contribution in [1.29, 1.82) is 0 Å². The van der Waals surface area contributed by atoms with Gasteiger partial charge in [-0.1, -0.05) is 30.3 Å². The zero-order valence-corrected chi connectivity index (χ0v) is 17.4. The van der Waals surface area contributed by atoms with Crippen molar-refractivity contribution in [3.63, 3.8) is 0 Å². The Labute approximate surface area is 181 Å². The third kappa shape index (κ3) is 1.69. The van der Waals surface area contributed by atoms with Crippen LogP contribution in [0.15, 0.2) is 89.2 Å². The number of sulfone groups is 1. The largest absolute Gasteiger partial charge is 0.305 e. The highest BCUT2D eigenvalue weighted by atomic mass is 32.2. The van der Waals surface area contributed by atoms with Gasteiger partial charge in [0, 0.05) is 44.9 Å². The van der Waals surface area contributed by atoms with Gasteiger partial charge in [-0.05, 0) is 35.2 Å². The minimum atomic E-state index is -3.74. The highest BCUT2D eigenvalue weighted by Gasteiger charge is 2.35. The Hall–Kier alpha value is -4.03. The number of nitrogens with zero attached hydrogens (tertiary/aromatic N) is 3. The summed E-state index contributed by atoms with van der Waals surface area (Å²) in [5.74, 6) is 0. The van der Waals surface area contributed by atoms with Crippen molar-refractivity contribution in [3.05, 3.63) is 79.4 Å². The van der Waals surface area contributed by atoms with E-state index in [4.69, 9.17) is 0 Å². The number of hydrogen-bond donors (Lipinski definition) is 0. The van der Waals surface area contributed by atoms with Gasteiger partial charge in [0.15, 0.2) is 0 Å². The van der Waals surface area contributed by atoms with Crippen LogP contribution >= 0.6 is 0 Å². The maximum absolute atomic E-state index is 14.1. The van der Waals surface area contributed by atoms with Crippen molar-refractivity contribution >= 4 is 58.7 Å². The second kappa shape index (κ2) is 5.23. The van der Waals surface area contributed by atoms with Crippen molar-refractivity contribution in [2.24, 2.45) is 0 Å². The fourth-order valence-electron chi connectivity index (χ4n) is 5.63. The van der Waals surface area contributed by atoms with E-state index in [-0.39, 0.29) is 0 Å². The average Bonchev–Trinajstić information content (AvgIpc) is 3.34. The lowest BCUT2D eigenvalue weighted by Crippen LogP contribution is -2.10. The molecule has 150 valence electrons. The molecule has 6 heteroatoms. The predicted molar refractivity (Wildman–Crippen MR) is 125 cm³/mol. The van der Waals surface area contributed by atoms with E-state index in [1.165, 1.54) is 0 Å². The summed E-state index contributed by atoms with van der Waals surface area (Å²) < 4.78 is 30.3. The molecule has 0 atom stereocenters. The van der Waals surface area contributed by atoms with Gasteiger partial charge >= 0.3 is 0 Å². The monoisotopic (exact) mass is 431 g/mol. The Kier molecular flexibility index (Phi) is 2.72. The molecule has 0 saturated carbocycles. The Morgan fingerprint density at radius 3 is 2.25 bits per heavy atom. The average molecular weight is 431 g/mol. The summed E-state index contributed by atoms with van der Waals surface area (Å²) >= 11 is 0. The SMILES string of the molecule is O=S1(=O)c2cccc3cccc(c23)-c2cc3c4ccncc4n4c5cnccc5c(c21)c34. The van der Waals surface area contributed by atoms with Crippen LogP contribution in [0.2, 0.25) is 0 Å². The number of benzene rings is 3. The molecule has 0 bridgehead atoms. The summed E-state index contributed by atoms with van der Waals surface area (Å²) in [6.07, 6.45) is 7.15. The van der Waals surface area contributed by atoms with Gasteiger partial charge in [0.05, 0.1) is 38.7 Å². The summed E-state index contributed by atoms with van der Waals surface area (Å²) in [5, 5.41) is 5.46. The highest BCUT2D eigenvalue weighted by Crippen LogP contribution is 2.51. The van der Waals surface area contributed by atoms with Crippen LogP contribution in [-0.4, -0.2) is 22.8 Å². The second-order valence-corrected chi connectivity index (χ2v) is 10.2. The Morgan fingerprint density at radius 2 is 1.44 bits per heavy atom. The second-order valence-electron chi connectivity index (χ2n) is 8.31. The first-order chi connectivity index (χ1) is 15.7. The van der Waals surface area contributed by atoms with Crippen LogP contribution < -0.4 is 0 Å². The van der Waals surface area contributed by atoms with Gasteiger partial charge in [0.2, 0.25) is 9.84 Å². The van der Waals surface area contributed by atoms with Crippen molar-refractivity contribution in [3.8, 4) is 11.1 Å². The molecule has 0 N–H and O–H groups in total. The van der Waals surface area contributed by atoms with Gasteiger partial charge < -0.3 is 4.40 Å². The molecule has 5 nitrogen and oxygen atoms in total. The lowest BCUT2D eigenvalue weighted by atomic mass is 9.94. The fraction of sp³-hybridized carbons (Fsp3) is 0. The first-order valence-electron chi connectivity index (χ1n) is 10.3. The van der Waals surface area contributed by atoms with E-state index in [2.05, 4.69) is 20.4 Å². The third-order valence-electron chi connectivity index (χ3n) is 6.83. The van der Waals surface area contributed by atoms with E-state index < -0.39 is 9.84 Å². The molecule has 1 aliphatic heterocycles. The van der Waals surface area contributed by atoms with Crippen LogP contribution in [0.5, 0.6) is 0 Å². The summed E-state index contributed by atoms with van der Waals surface area (Å²) in [7, 11) is -3.74. The standard InChI is InChI=1S/C26H13N3O2S/c30-32(31)22-6-2-4-14-3-1-5-16(23(14)22)19-11-18-15-7-9-27-12-20(15)29-21-13-28-10-8-17(21)24(25(18)29)26(19)32/h1-13H. The molecule has 0 unspecified atom stereocenters. The molecule has 32 heavy (non-hydrogen) atoms. The van der Waals surface area contributed by atoms with Gasteiger partial charge in [0.1, 0.15) is 0 Å². The van der Waals surface area contributed by atoms with E-state index in [1.54, 1.807) is 24.7 Å². The number of hydrogen-bond acceptors (Lipinski definition) is 4. The normalized spacial score (nSPS) is 14.8. The number of pyridine rings is 2. The lowest BCUT2D eigenvalue weighted by Gasteiger charge is -2.22. The molecule has 4 aromatic heterocycles. The molecule has 1 aliphatic rings. The highest BCUT2D eigenvalue weighted by molar-refractivity contribution is 7.92. The molecule has 3 aromatic carbocycles. The van der Waals surface area contributed by atoms with E-state index in [9.17, 15) is 8.42 Å². The first kappa shape index (κ1) is 16.6. The fourth-order valence-corrected chi connectivity index (χ4v) is 7.53. The minimum Gasteiger partial charge on any atom is -0.305 e. The van der Waals surface area contributed by atoms with Crippen LogP contribution in [0.25, 0.3) is 60.0 Å². The Bertz CT molecular complexity index is 2050. The molecule has 5 heterocycles. The Balaban J connectivity index is 1.78. The van der Waals surface area contributed by atoms with Gasteiger partial charge in [-0.2, -0.15) is 0 Å². The summed E-state index contributed by atoms with van der Waals surface area (Å²) in [6, 6.07) is 17.5. The van der Waals surface area contributed by atoms with Crippen molar-refractivity contribution in [2.75, 3.05) is 0 Å². The van der Waals surface area contributed by atoms with E-state index >= 15 is 0 Å². The molecular formula is C26H13N3O2S. The number of fused-ring (bicyclic) bond motifs is 9. The predicted octanol–water partition coefficient (Wildman–Crippen LogP) is 5.59. The molecule has 0 radical (unpaired) electrons. The maximum Gasteiger partial charge on any atom is 0.208 e. The van der Waals surface area contributed by atoms with Gasteiger partial charge in [-0.3, -0.25) is 9.97 Å². The quantitative estimate of drug-likeness (QED) is 0.314. The zero-order valence-electron chi connectivity index (χ0n) is 16.6. The molecule has 0 fully saturated rings. The van der Waals surface area contributed by atoms with Crippen molar-refractivity contribution in [1.82, 2.24) is 14.4 Å². The molecule has 7 aromatic rings. The number of aromatic nitrogens is 3. The number of rotatable bonds is 0. The molecule has 0 saturated heterocycles. The van der Waals surface area contributed by atoms with Crippen LogP contribution in [-0.2, 0) is 9.84 Å². The minimum absolute atomic E-state index is 0.375. The van der Waals surface area contributed by atoms with Gasteiger partial charge in [-0.25, -0.2) is 8.42 Å². The zero-order chi connectivity index (χ0) is 21.2. The summed E-state index contributed by atoms with van der Waals surface area (Å²) in [5.41, 5.74) is 4.46. The van der Waals surface area contributed by atoms with Crippen LogP contribution in [0, 0.1) is 0 Å². The van der Waals surface area contributed by atoms with Crippen LogP contribution in [0.1, 0.15) is 0 Å². The molecule has 0 aliphatic carbocycles. The van der Waals surface area contributed by atoms with Crippen LogP contribution in [0.4, 0.5) is 0 Å². The molecular weight excluding hydrogens is 418 g/mol. The van der Waals surface area contributed by atoms with Crippen LogP contribution in [0.3, 0.4) is 0 Å². The third-order valence-corrected chi connectivity index (χ3v) is 8.71. The lowest BCUT2D eigenvalue weighted by molar-refractivity contribution is 0.597. The maximum atomic E-state index is 14.1. The summed E-state index contributed by atoms with van der Waals surface area (Å²) in [6.45, 7) is 0. The topological polar surface area (TPSA) is 64.3 Å². The molecule has 0 amide bonds. The van der Waals surface area contributed by atoms with Gasteiger partial charge in [0.25, 0.3) is 0 Å². The van der Waals surface area contributed by atoms with E-state index in [0.29, 0.717) is 9.79 Å². The van der Waals surface area contributed by atoms with Gasteiger partial charge in [-0.15, -0.1) is 0 Å². The first-order valence-corrected chi connectivity index (χ1v) is 11.8. The smallest absolute Gasteiger partial charge is 0.208 e. The molecule has 8 rings (SSSR count). The van der Waals surface area contributed by atoms with Crippen molar-refractivity contribution < 1.29 is 8.42 Å². The molecule has 0 spiro atoms. The summed E-state index contributed by atoms with van der Waals surface area (Å²) in [4.78, 5) is 9.44.